The lowest BCUT2D eigenvalue weighted by molar-refractivity contribution is -0.00611. The molecule has 1 N–H and O–H groups in total. The highest BCUT2D eigenvalue weighted by molar-refractivity contribution is 5.21. The van der Waals surface area contributed by atoms with E-state index in [4.69, 9.17) is 0 Å². The van der Waals surface area contributed by atoms with E-state index >= 15 is 0 Å². The molecule has 0 aliphatic carbocycles. The van der Waals surface area contributed by atoms with E-state index < -0.39 is 0 Å². The molecular formula is C17H25FN2. The lowest BCUT2D eigenvalue weighted by Gasteiger charge is -2.51. The molecule has 3 atom stereocenters. The van der Waals surface area contributed by atoms with Gasteiger partial charge >= 0.3 is 0 Å². The van der Waals surface area contributed by atoms with E-state index in [0.29, 0.717) is 18.1 Å². The van der Waals surface area contributed by atoms with Crippen LogP contribution in [0, 0.1) is 5.82 Å². The Balaban J connectivity index is 1.84. The molecule has 2 fully saturated rings. The Kier molecular flexibility index (Phi) is 4.08. The second-order valence-corrected chi connectivity index (χ2v) is 6.34. The fraction of sp³-hybridized carbons (Fsp3) is 0.647. The van der Waals surface area contributed by atoms with E-state index in [2.05, 4.69) is 24.2 Å². The summed E-state index contributed by atoms with van der Waals surface area (Å²) >= 11 is 0. The van der Waals surface area contributed by atoms with Gasteiger partial charge in [-0.15, -0.1) is 0 Å². The Morgan fingerprint density at radius 2 is 1.85 bits per heavy atom. The average molecular weight is 276 g/mol. The Morgan fingerprint density at radius 1 is 1.20 bits per heavy atom. The highest BCUT2D eigenvalue weighted by Crippen LogP contribution is 2.40. The standard InChI is InChI=1S/C17H25FN2/c1-12(16-8-3-4-9-17(16)18)20-14-6-5-7-15(20)11-13(10-14)19-2/h3-4,8-9,12-15,19H,5-7,10-11H2,1-2H3. The van der Waals surface area contributed by atoms with Crippen molar-refractivity contribution in [1.82, 2.24) is 10.2 Å². The zero-order chi connectivity index (χ0) is 14.1. The first-order valence-corrected chi connectivity index (χ1v) is 7.90. The van der Waals surface area contributed by atoms with E-state index in [1.54, 1.807) is 12.1 Å². The summed E-state index contributed by atoms with van der Waals surface area (Å²) in [5.74, 6) is -0.0613. The molecule has 0 saturated carbocycles. The topological polar surface area (TPSA) is 15.3 Å². The summed E-state index contributed by atoms with van der Waals surface area (Å²) in [5, 5.41) is 3.44. The molecule has 2 aliphatic heterocycles. The molecule has 0 amide bonds. The molecule has 110 valence electrons. The van der Waals surface area contributed by atoms with Crippen molar-refractivity contribution >= 4 is 0 Å². The minimum atomic E-state index is -0.0613. The van der Waals surface area contributed by atoms with Crippen molar-refractivity contribution in [1.29, 1.82) is 0 Å². The number of benzene rings is 1. The van der Waals surface area contributed by atoms with E-state index in [-0.39, 0.29) is 11.9 Å². The van der Waals surface area contributed by atoms with Gasteiger partial charge in [-0.1, -0.05) is 24.6 Å². The maximum Gasteiger partial charge on any atom is 0.127 e. The predicted octanol–water partition coefficient (Wildman–Crippen LogP) is 3.49. The quantitative estimate of drug-likeness (QED) is 0.909. The summed E-state index contributed by atoms with van der Waals surface area (Å²) in [6, 6.07) is 9.29. The Morgan fingerprint density at radius 3 is 2.45 bits per heavy atom. The first-order chi connectivity index (χ1) is 9.70. The zero-order valence-corrected chi connectivity index (χ0v) is 12.5. The summed E-state index contributed by atoms with van der Waals surface area (Å²) in [6.45, 7) is 2.17. The second kappa shape index (κ2) is 5.82. The van der Waals surface area contributed by atoms with Crippen LogP contribution in [0.1, 0.15) is 50.6 Å². The summed E-state index contributed by atoms with van der Waals surface area (Å²) in [7, 11) is 2.07. The molecule has 2 saturated heterocycles. The third kappa shape index (κ3) is 2.49. The van der Waals surface area contributed by atoms with Crippen LogP contribution in [0.4, 0.5) is 4.39 Å². The van der Waals surface area contributed by atoms with Crippen molar-refractivity contribution in [2.24, 2.45) is 0 Å². The molecular weight excluding hydrogens is 251 g/mol. The van der Waals surface area contributed by atoms with Crippen molar-refractivity contribution in [3.05, 3.63) is 35.6 Å². The number of hydrogen-bond acceptors (Lipinski definition) is 2. The van der Waals surface area contributed by atoms with Crippen LogP contribution in [-0.4, -0.2) is 30.1 Å². The van der Waals surface area contributed by atoms with Gasteiger partial charge in [-0.05, 0) is 45.7 Å². The van der Waals surface area contributed by atoms with Crippen molar-refractivity contribution in [2.45, 2.75) is 63.2 Å². The van der Waals surface area contributed by atoms with Crippen molar-refractivity contribution in [3.63, 3.8) is 0 Å². The lowest BCUT2D eigenvalue weighted by Crippen LogP contribution is -2.56. The summed E-state index contributed by atoms with van der Waals surface area (Å²) in [4.78, 5) is 2.59. The monoisotopic (exact) mass is 276 g/mol. The lowest BCUT2D eigenvalue weighted by atomic mass is 9.80. The van der Waals surface area contributed by atoms with Crippen LogP contribution >= 0.6 is 0 Å². The van der Waals surface area contributed by atoms with E-state index in [9.17, 15) is 4.39 Å². The highest BCUT2D eigenvalue weighted by atomic mass is 19.1. The van der Waals surface area contributed by atoms with Crippen LogP contribution in [-0.2, 0) is 0 Å². The molecule has 3 unspecified atom stereocenters. The summed E-state index contributed by atoms with van der Waals surface area (Å²) in [5.41, 5.74) is 0.854. The third-order valence-corrected chi connectivity index (χ3v) is 5.24. The van der Waals surface area contributed by atoms with Crippen LogP contribution in [0.3, 0.4) is 0 Å². The van der Waals surface area contributed by atoms with Crippen LogP contribution in [0.5, 0.6) is 0 Å². The molecule has 0 radical (unpaired) electrons. The average Bonchev–Trinajstić information content (AvgIpc) is 2.45. The van der Waals surface area contributed by atoms with Crippen LogP contribution in [0.25, 0.3) is 0 Å². The fourth-order valence-corrected chi connectivity index (χ4v) is 4.26. The highest BCUT2D eigenvalue weighted by Gasteiger charge is 2.40. The Labute approximate surface area is 121 Å². The number of nitrogens with zero attached hydrogens (tertiary/aromatic N) is 1. The zero-order valence-electron chi connectivity index (χ0n) is 12.5. The maximum atomic E-state index is 14.1. The third-order valence-electron chi connectivity index (χ3n) is 5.24. The van der Waals surface area contributed by atoms with Gasteiger partial charge in [-0.2, -0.15) is 0 Å². The van der Waals surface area contributed by atoms with E-state index in [0.717, 1.165) is 5.56 Å². The second-order valence-electron chi connectivity index (χ2n) is 6.34. The van der Waals surface area contributed by atoms with Crippen LogP contribution < -0.4 is 5.32 Å². The number of halogens is 1. The smallest absolute Gasteiger partial charge is 0.127 e. The fourth-order valence-electron chi connectivity index (χ4n) is 4.26. The molecule has 1 aromatic rings. The van der Waals surface area contributed by atoms with Gasteiger partial charge in [0.25, 0.3) is 0 Å². The normalized spacial score (nSPS) is 32.0. The minimum Gasteiger partial charge on any atom is -0.317 e. The minimum absolute atomic E-state index is 0.0613. The number of nitrogens with one attached hydrogen (secondary N) is 1. The maximum absolute atomic E-state index is 14.1. The summed E-state index contributed by atoms with van der Waals surface area (Å²) in [6.07, 6.45) is 6.24. The van der Waals surface area contributed by atoms with Crippen molar-refractivity contribution in [3.8, 4) is 0 Å². The molecule has 2 aliphatic rings. The van der Waals surface area contributed by atoms with Gasteiger partial charge in [-0.3, -0.25) is 4.90 Å². The van der Waals surface area contributed by atoms with Gasteiger partial charge in [0.15, 0.2) is 0 Å². The molecule has 2 heterocycles. The van der Waals surface area contributed by atoms with Crippen LogP contribution in [0.2, 0.25) is 0 Å². The van der Waals surface area contributed by atoms with Crippen LogP contribution in [0.15, 0.2) is 24.3 Å². The molecule has 0 spiro atoms. The molecule has 0 aromatic heterocycles. The largest absolute Gasteiger partial charge is 0.317 e. The molecule has 2 nitrogen and oxygen atoms in total. The summed E-state index contributed by atoms with van der Waals surface area (Å²) < 4.78 is 14.1. The van der Waals surface area contributed by atoms with Gasteiger partial charge in [0.05, 0.1) is 0 Å². The van der Waals surface area contributed by atoms with Crippen molar-refractivity contribution < 1.29 is 4.39 Å². The van der Waals surface area contributed by atoms with Gasteiger partial charge in [0, 0.05) is 29.7 Å². The molecule has 2 bridgehead atoms. The van der Waals surface area contributed by atoms with Gasteiger partial charge < -0.3 is 5.32 Å². The first-order valence-electron chi connectivity index (χ1n) is 7.90. The van der Waals surface area contributed by atoms with Crippen molar-refractivity contribution in [2.75, 3.05) is 7.05 Å². The molecule has 1 aromatic carbocycles. The number of piperidine rings is 2. The SMILES string of the molecule is CNC1CC2CCCC(C1)N2C(C)c1ccccc1F. The molecule has 3 heteroatoms. The molecule has 20 heavy (non-hydrogen) atoms. The molecule has 3 rings (SSSR count). The number of hydrogen-bond donors (Lipinski definition) is 1. The van der Waals surface area contributed by atoms with E-state index in [1.807, 2.05) is 12.1 Å². The first kappa shape index (κ1) is 14.0. The Hall–Kier alpha value is -0.930. The Bertz CT molecular complexity index is 448. The van der Waals surface area contributed by atoms with E-state index in [1.165, 1.54) is 32.1 Å². The number of rotatable bonds is 3. The van der Waals surface area contributed by atoms with Gasteiger partial charge in [0.1, 0.15) is 5.82 Å². The van der Waals surface area contributed by atoms with Gasteiger partial charge in [-0.25, -0.2) is 4.39 Å². The number of fused-ring (bicyclic) bond motifs is 2. The van der Waals surface area contributed by atoms with Gasteiger partial charge in [0.2, 0.25) is 0 Å². The predicted molar refractivity (Wildman–Crippen MR) is 80.2 cm³/mol.